The van der Waals surface area contributed by atoms with Crippen molar-refractivity contribution in [1.82, 2.24) is 24.0 Å². The van der Waals surface area contributed by atoms with E-state index in [2.05, 4.69) is 10.3 Å². The van der Waals surface area contributed by atoms with Crippen LogP contribution in [-0.4, -0.2) is 31.7 Å². The molecule has 0 saturated heterocycles. The molecular weight excluding hydrogens is 350 g/mol. The minimum Gasteiger partial charge on any atom is -0.496 e. The number of hydrogen-bond donors (Lipinski definition) is 1. The predicted octanol–water partition coefficient (Wildman–Crippen LogP) is 0.320. The Morgan fingerprint density at radius 1 is 1.22 bits per heavy atom. The van der Waals surface area contributed by atoms with Gasteiger partial charge in [-0.25, -0.2) is 9.78 Å². The van der Waals surface area contributed by atoms with E-state index in [4.69, 9.17) is 4.74 Å². The molecule has 0 bridgehead atoms. The molecule has 1 amide bonds. The van der Waals surface area contributed by atoms with Crippen molar-refractivity contribution in [2.24, 2.45) is 14.1 Å². The van der Waals surface area contributed by atoms with Gasteiger partial charge in [-0.2, -0.15) is 0 Å². The third-order valence-corrected chi connectivity index (χ3v) is 4.62. The maximum absolute atomic E-state index is 12.6. The number of rotatable bonds is 5. The van der Waals surface area contributed by atoms with Gasteiger partial charge in [0.15, 0.2) is 11.2 Å². The number of imidazole rings is 1. The topological polar surface area (TPSA) is 100 Å². The first-order chi connectivity index (χ1) is 12.9. The number of aromatic nitrogens is 4. The summed E-state index contributed by atoms with van der Waals surface area (Å²) in [7, 11) is 4.50. The Balaban J connectivity index is 1.90. The third kappa shape index (κ3) is 3.12. The molecule has 0 saturated carbocycles. The van der Waals surface area contributed by atoms with E-state index in [9.17, 15) is 14.4 Å². The highest BCUT2D eigenvalue weighted by molar-refractivity contribution is 5.82. The summed E-state index contributed by atoms with van der Waals surface area (Å²) in [6.45, 7) is 1.96. The quantitative estimate of drug-likeness (QED) is 0.696. The molecule has 1 N–H and O–H groups in total. The van der Waals surface area contributed by atoms with Crippen LogP contribution < -0.4 is 21.3 Å². The fourth-order valence-corrected chi connectivity index (χ4v) is 2.96. The van der Waals surface area contributed by atoms with Gasteiger partial charge in [0.05, 0.1) is 13.4 Å². The van der Waals surface area contributed by atoms with E-state index < -0.39 is 17.3 Å². The number of aryl methyl sites for hydroxylation is 1. The molecule has 3 aromatic rings. The second kappa shape index (κ2) is 7.10. The molecule has 3 rings (SSSR count). The Kier molecular flexibility index (Phi) is 4.85. The maximum Gasteiger partial charge on any atom is 0.332 e. The molecule has 0 radical (unpaired) electrons. The van der Waals surface area contributed by atoms with Gasteiger partial charge in [-0.3, -0.25) is 18.7 Å². The lowest BCUT2D eigenvalue weighted by atomic mass is 10.2. The van der Waals surface area contributed by atoms with Gasteiger partial charge in [-0.1, -0.05) is 18.2 Å². The summed E-state index contributed by atoms with van der Waals surface area (Å²) in [4.78, 5) is 41.3. The zero-order valence-electron chi connectivity index (χ0n) is 15.6. The van der Waals surface area contributed by atoms with E-state index in [0.29, 0.717) is 5.75 Å². The average Bonchev–Trinajstić information content (AvgIpc) is 3.13. The first-order valence-electron chi connectivity index (χ1n) is 8.39. The van der Waals surface area contributed by atoms with Crippen molar-refractivity contribution in [3.8, 4) is 5.75 Å². The van der Waals surface area contributed by atoms with Crippen LogP contribution in [0.15, 0.2) is 40.2 Å². The zero-order valence-corrected chi connectivity index (χ0v) is 15.6. The van der Waals surface area contributed by atoms with E-state index in [1.54, 1.807) is 14.0 Å². The summed E-state index contributed by atoms with van der Waals surface area (Å²) in [5, 5.41) is 2.84. The van der Waals surface area contributed by atoms with Crippen LogP contribution in [0.4, 0.5) is 0 Å². The lowest BCUT2D eigenvalue weighted by molar-refractivity contribution is -0.123. The molecule has 9 heteroatoms. The Morgan fingerprint density at radius 2 is 1.93 bits per heavy atom. The molecule has 0 aliphatic carbocycles. The van der Waals surface area contributed by atoms with Crippen molar-refractivity contribution < 1.29 is 9.53 Å². The summed E-state index contributed by atoms with van der Waals surface area (Å²) in [6.07, 6.45) is 1.40. The fraction of sp³-hybridized carbons (Fsp3) is 0.333. The number of fused-ring (bicyclic) bond motifs is 1. The normalized spacial score (nSPS) is 12.1. The minimum atomic E-state index is -0.685. The van der Waals surface area contributed by atoms with Crippen molar-refractivity contribution in [3.63, 3.8) is 0 Å². The van der Waals surface area contributed by atoms with Crippen LogP contribution in [-0.2, 0) is 25.4 Å². The van der Waals surface area contributed by atoms with E-state index in [1.807, 2.05) is 24.3 Å². The summed E-state index contributed by atoms with van der Waals surface area (Å²) >= 11 is 0. The molecule has 0 fully saturated rings. The molecule has 2 aromatic heterocycles. The van der Waals surface area contributed by atoms with Gasteiger partial charge in [0.25, 0.3) is 5.56 Å². The molecule has 0 aliphatic rings. The monoisotopic (exact) mass is 371 g/mol. The van der Waals surface area contributed by atoms with Gasteiger partial charge >= 0.3 is 5.69 Å². The first kappa shape index (κ1) is 18.4. The number of benzene rings is 1. The van der Waals surface area contributed by atoms with Crippen molar-refractivity contribution in [3.05, 3.63) is 57.0 Å². The molecule has 1 aromatic carbocycles. The maximum atomic E-state index is 12.6. The molecule has 0 aliphatic heterocycles. The van der Waals surface area contributed by atoms with Crippen LogP contribution in [0.2, 0.25) is 0 Å². The average molecular weight is 371 g/mol. The fourth-order valence-electron chi connectivity index (χ4n) is 2.96. The molecule has 27 heavy (non-hydrogen) atoms. The number of nitrogens with one attached hydrogen (secondary N) is 1. The van der Waals surface area contributed by atoms with Crippen molar-refractivity contribution in [1.29, 1.82) is 0 Å². The van der Waals surface area contributed by atoms with Crippen LogP contribution in [0.5, 0.6) is 5.75 Å². The lowest BCUT2D eigenvalue weighted by Gasteiger charge is -2.15. The van der Waals surface area contributed by atoms with E-state index in [0.717, 1.165) is 10.1 Å². The molecular formula is C18H21N5O4. The van der Waals surface area contributed by atoms with Gasteiger partial charge in [0.2, 0.25) is 5.91 Å². The second-order valence-electron chi connectivity index (χ2n) is 6.24. The van der Waals surface area contributed by atoms with Crippen molar-refractivity contribution in [2.45, 2.75) is 19.5 Å². The van der Waals surface area contributed by atoms with Gasteiger partial charge in [0.1, 0.15) is 11.8 Å². The summed E-state index contributed by atoms with van der Waals surface area (Å²) in [6, 6.07) is 6.71. The number of carbonyl (C=O) groups is 1. The number of carbonyl (C=O) groups excluding carboxylic acids is 1. The summed E-state index contributed by atoms with van der Waals surface area (Å²) < 4.78 is 9.04. The zero-order chi connectivity index (χ0) is 19.7. The highest BCUT2D eigenvalue weighted by atomic mass is 16.5. The van der Waals surface area contributed by atoms with Crippen molar-refractivity contribution in [2.75, 3.05) is 7.11 Å². The van der Waals surface area contributed by atoms with Gasteiger partial charge in [-0.05, 0) is 13.0 Å². The third-order valence-electron chi connectivity index (χ3n) is 4.62. The van der Waals surface area contributed by atoms with Crippen molar-refractivity contribution >= 4 is 17.1 Å². The molecule has 2 heterocycles. The highest BCUT2D eigenvalue weighted by Gasteiger charge is 2.21. The van der Waals surface area contributed by atoms with Crippen LogP contribution >= 0.6 is 0 Å². The number of para-hydroxylation sites is 1. The predicted molar refractivity (Wildman–Crippen MR) is 99.8 cm³/mol. The van der Waals surface area contributed by atoms with Crippen LogP contribution in [0, 0.1) is 0 Å². The van der Waals surface area contributed by atoms with Gasteiger partial charge in [0, 0.05) is 26.2 Å². The van der Waals surface area contributed by atoms with Crippen LogP contribution in [0.25, 0.3) is 11.2 Å². The van der Waals surface area contributed by atoms with E-state index in [1.165, 1.54) is 29.6 Å². The molecule has 9 nitrogen and oxygen atoms in total. The Labute approximate surface area is 154 Å². The Morgan fingerprint density at radius 3 is 2.63 bits per heavy atom. The SMILES string of the molecule is COc1ccccc1CNC(=O)C(C)n1cnc2c1c(=O)n(C)c(=O)n2C. The number of ether oxygens (including phenoxy) is 1. The van der Waals surface area contributed by atoms with Crippen LogP contribution in [0.1, 0.15) is 18.5 Å². The molecule has 1 unspecified atom stereocenters. The molecule has 0 spiro atoms. The van der Waals surface area contributed by atoms with E-state index >= 15 is 0 Å². The lowest BCUT2D eigenvalue weighted by Crippen LogP contribution is -2.38. The largest absolute Gasteiger partial charge is 0.496 e. The first-order valence-corrected chi connectivity index (χ1v) is 8.39. The minimum absolute atomic E-state index is 0.208. The smallest absolute Gasteiger partial charge is 0.332 e. The van der Waals surface area contributed by atoms with Gasteiger partial charge in [-0.15, -0.1) is 0 Å². The Hall–Kier alpha value is -3.36. The standard InChI is InChI=1S/C18H21N5O4/c1-11(16(24)19-9-12-7-5-6-8-13(12)27-4)23-10-20-15-14(23)17(25)22(3)18(26)21(15)2/h5-8,10-11H,9H2,1-4H3,(H,19,24). The summed E-state index contributed by atoms with van der Waals surface area (Å²) in [5.41, 5.74) is 0.336. The summed E-state index contributed by atoms with van der Waals surface area (Å²) in [5.74, 6) is 0.401. The molecule has 142 valence electrons. The molecule has 1 atom stereocenters. The van der Waals surface area contributed by atoms with Gasteiger partial charge < -0.3 is 14.6 Å². The number of hydrogen-bond acceptors (Lipinski definition) is 5. The van der Waals surface area contributed by atoms with E-state index in [-0.39, 0.29) is 23.6 Å². The number of amides is 1. The number of methoxy groups -OCH3 is 1. The van der Waals surface area contributed by atoms with Crippen LogP contribution in [0.3, 0.4) is 0 Å². The Bertz CT molecular complexity index is 1120. The highest BCUT2D eigenvalue weighted by Crippen LogP contribution is 2.18. The second-order valence-corrected chi connectivity index (χ2v) is 6.24. The number of nitrogens with zero attached hydrogens (tertiary/aromatic N) is 4.